The van der Waals surface area contributed by atoms with E-state index in [-0.39, 0.29) is 6.54 Å². The first kappa shape index (κ1) is 15.9. The normalized spacial score (nSPS) is 10.9. The van der Waals surface area contributed by atoms with Crippen molar-refractivity contribution in [3.8, 4) is 0 Å². The van der Waals surface area contributed by atoms with E-state index in [1.54, 1.807) is 32.2 Å². The van der Waals surface area contributed by atoms with Crippen molar-refractivity contribution in [1.29, 1.82) is 0 Å². The number of anilines is 1. The fourth-order valence-electron chi connectivity index (χ4n) is 1.84. The second-order valence-electron chi connectivity index (χ2n) is 4.79. The zero-order chi connectivity index (χ0) is 15.2. The summed E-state index contributed by atoms with van der Waals surface area (Å²) in [5.41, 5.74) is 0.517. The Morgan fingerprint density at radius 3 is 2.40 bits per heavy atom. The summed E-state index contributed by atoms with van der Waals surface area (Å²) < 4.78 is 0. The number of carbonyl (C=O) groups is 2. The Hall–Kier alpha value is -2.11. The Kier molecular flexibility index (Phi) is 5.49. The lowest BCUT2D eigenvalue weighted by Gasteiger charge is -2.26. The van der Waals surface area contributed by atoms with Gasteiger partial charge in [0.2, 0.25) is 0 Å². The predicted molar refractivity (Wildman–Crippen MR) is 76.6 cm³/mol. The Balaban J connectivity index is 2.58. The number of hydrogen-bond acceptors (Lipinski definition) is 3. The summed E-state index contributed by atoms with van der Waals surface area (Å²) in [6.45, 7) is 5.57. The monoisotopic (exact) mass is 279 g/mol. The van der Waals surface area contributed by atoms with Gasteiger partial charge in [0.15, 0.2) is 0 Å². The SMILES string of the molecule is CCC(CC)(CNC(=O)Nc1ccc(C)nc1)C(=O)O. The molecule has 3 N–H and O–H groups in total. The van der Waals surface area contributed by atoms with Crippen LogP contribution in [0, 0.1) is 12.3 Å². The minimum atomic E-state index is -0.914. The maximum absolute atomic E-state index is 11.8. The number of nitrogens with zero attached hydrogens (tertiary/aromatic N) is 1. The van der Waals surface area contributed by atoms with Crippen molar-refractivity contribution in [1.82, 2.24) is 10.3 Å². The molecule has 6 nitrogen and oxygen atoms in total. The summed E-state index contributed by atoms with van der Waals surface area (Å²) in [6.07, 6.45) is 2.48. The first-order chi connectivity index (χ1) is 9.43. The fourth-order valence-corrected chi connectivity index (χ4v) is 1.84. The number of carboxylic acids is 1. The van der Waals surface area contributed by atoms with E-state index in [4.69, 9.17) is 0 Å². The summed E-state index contributed by atoms with van der Waals surface area (Å²) in [5, 5.41) is 14.5. The van der Waals surface area contributed by atoms with Crippen LogP contribution in [0.3, 0.4) is 0 Å². The molecule has 2 amide bonds. The Morgan fingerprint density at radius 2 is 1.95 bits per heavy atom. The maximum Gasteiger partial charge on any atom is 0.319 e. The molecule has 0 aliphatic carbocycles. The molecular weight excluding hydrogens is 258 g/mol. The van der Waals surface area contributed by atoms with Crippen molar-refractivity contribution < 1.29 is 14.7 Å². The average Bonchev–Trinajstić information content (AvgIpc) is 2.43. The molecule has 110 valence electrons. The van der Waals surface area contributed by atoms with Crippen molar-refractivity contribution in [3.63, 3.8) is 0 Å². The number of hydrogen-bond donors (Lipinski definition) is 3. The van der Waals surface area contributed by atoms with Crippen molar-refractivity contribution >= 4 is 17.7 Å². The van der Waals surface area contributed by atoms with Gasteiger partial charge in [-0.05, 0) is 31.9 Å². The van der Waals surface area contributed by atoms with Crippen molar-refractivity contribution in [3.05, 3.63) is 24.0 Å². The van der Waals surface area contributed by atoms with Crippen LogP contribution in [0.15, 0.2) is 18.3 Å². The molecule has 0 saturated heterocycles. The third-order valence-corrected chi connectivity index (χ3v) is 3.56. The van der Waals surface area contributed by atoms with Gasteiger partial charge in [-0.15, -0.1) is 0 Å². The lowest BCUT2D eigenvalue weighted by molar-refractivity contribution is -0.149. The van der Waals surface area contributed by atoms with E-state index in [1.165, 1.54) is 0 Å². The van der Waals surface area contributed by atoms with Gasteiger partial charge in [0.05, 0.1) is 17.3 Å². The van der Waals surface area contributed by atoms with E-state index in [2.05, 4.69) is 15.6 Å². The van der Waals surface area contributed by atoms with E-state index in [9.17, 15) is 14.7 Å². The van der Waals surface area contributed by atoms with Gasteiger partial charge in [-0.25, -0.2) is 4.79 Å². The number of nitrogens with one attached hydrogen (secondary N) is 2. The molecule has 1 aromatic rings. The number of rotatable bonds is 6. The van der Waals surface area contributed by atoms with Gasteiger partial charge in [0, 0.05) is 12.2 Å². The highest BCUT2D eigenvalue weighted by atomic mass is 16.4. The van der Waals surface area contributed by atoms with Gasteiger partial charge in [-0.1, -0.05) is 13.8 Å². The Labute approximate surface area is 118 Å². The second kappa shape index (κ2) is 6.88. The molecule has 0 spiro atoms. The van der Waals surface area contributed by atoms with Crippen molar-refractivity contribution in [2.24, 2.45) is 5.41 Å². The highest BCUT2D eigenvalue weighted by Crippen LogP contribution is 2.25. The molecule has 0 fully saturated rings. The highest BCUT2D eigenvalue weighted by Gasteiger charge is 2.35. The first-order valence-corrected chi connectivity index (χ1v) is 6.64. The largest absolute Gasteiger partial charge is 0.481 e. The smallest absolute Gasteiger partial charge is 0.319 e. The minimum absolute atomic E-state index is 0.0977. The van der Waals surface area contributed by atoms with Crippen LogP contribution >= 0.6 is 0 Å². The van der Waals surface area contributed by atoms with Crippen molar-refractivity contribution in [2.45, 2.75) is 33.6 Å². The van der Waals surface area contributed by atoms with Crippen LogP contribution in [0.25, 0.3) is 0 Å². The number of aliphatic carboxylic acids is 1. The van der Waals surface area contributed by atoms with Crippen LogP contribution in [0.4, 0.5) is 10.5 Å². The van der Waals surface area contributed by atoms with Crippen LogP contribution in [0.1, 0.15) is 32.4 Å². The summed E-state index contributed by atoms with van der Waals surface area (Å²) in [6, 6.07) is 3.10. The lowest BCUT2D eigenvalue weighted by Crippen LogP contribution is -2.43. The molecule has 0 aliphatic heterocycles. The molecule has 6 heteroatoms. The van der Waals surface area contributed by atoms with Crippen LogP contribution < -0.4 is 10.6 Å². The summed E-state index contributed by atoms with van der Waals surface area (Å²) in [4.78, 5) is 27.1. The minimum Gasteiger partial charge on any atom is -0.481 e. The molecule has 0 unspecified atom stereocenters. The fraction of sp³-hybridized carbons (Fsp3) is 0.500. The van der Waals surface area contributed by atoms with Crippen LogP contribution in [0.5, 0.6) is 0 Å². The van der Waals surface area contributed by atoms with Crippen LogP contribution in [-0.2, 0) is 4.79 Å². The quantitative estimate of drug-likeness (QED) is 0.745. The molecule has 0 atom stereocenters. The Bertz CT molecular complexity index is 467. The number of urea groups is 1. The molecule has 0 aliphatic rings. The molecule has 0 radical (unpaired) electrons. The summed E-state index contributed by atoms with van der Waals surface area (Å²) in [7, 11) is 0. The molecule has 0 aromatic carbocycles. The third kappa shape index (κ3) is 3.94. The van der Waals surface area contributed by atoms with E-state index < -0.39 is 17.4 Å². The van der Waals surface area contributed by atoms with Gasteiger partial charge in [-0.3, -0.25) is 9.78 Å². The Morgan fingerprint density at radius 1 is 1.30 bits per heavy atom. The number of carboxylic acid groups (broad SMARTS) is 1. The average molecular weight is 279 g/mol. The number of pyridine rings is 1. The third-order valence-electron chi connectivity index (χ3n) is 3.56. The van der Waals surface area contributed by atoms with Crippen LogP contribution in [0.2, 0.25) is 0 Å². The molecule has 0 saturated carbocycles. The molecule has 1 rings (SSSR count). The highest BCUT2D eigenvalue weighted by molar-refractivity contribution is 5.89. The number of aromatic nitrogens is 1. The van der Waals surface area contributed by atoms with Gasteiger partial charge >= 0.3 is 12.0 Å². The molecule has 1 aromatic heterocycles. The van der Waals surface area contributed by atoms with Gasteiger partial charge in [-0.2, -0.15) is 0 Å². The van der Waals surface area contributed by atoms with Gasteiger partial charge in [0.1, 0.15) is 0 Å². The van der Waals surface area contributed by atoms with E-state index in [1.807, 2.05) is 6.92 Å². The van der Waals surface area contributed by atoms with Crippen LogP contribution in [-0.4, -0.2) is 28.6 Å². The maximum atomic E-state index is 11.8. The zero-order valence-electron chi connectivity index (χ0n) is 12.1. The molecule has 20 heavy (non-hydrogen) atoms. The van der Waals surface area contributed by atoms with Gasteiger partial charge < -0.3 is 15.7 Å². The first-order valence-electron chi connectivity index (χ1n) is 6.64. The number of carbonyl (C=O) groups excluding carboxylic acids is 1. The predicted octanol–water partition coefficient (Wildman–Crippen LogP) is 2.40. The summed E-state index contributed by atoms with van der Waals surface area (Å²) in [5.74, 6) is -0.889. The topological polar surface area (TPSA) is 91.3 Å². The number of amides is 2. The standard InChI is InChI=1S/C14H21N3O3/c1-4-14(5-2,12(18)19)9-16-13(20)17-11-7-6-10(3)15-8-11/h6-8H,4-5,9H2,1-3H3,(H,18,19)(H2,16,17,20). The number of aryl methyl sites for hydroxylation is 1. The lowest BCUT2D eigenvalue weighted by atomic mass is 9.82. The van der Waals surface area contributed by atoms with Crippen molar-refractivity contribution in [2.75, 3.05) is 11.9 Å². The van der Waals surface area contributed by atoms with E-state index >= 15 is 0 Å². The zero-order valence-corrected chi connectivity index (χ0v) is 12.1. The molecule has 1 heterocycles. The molecule has 0 bridgehead atoms. The van der Waals surface area contributed by atoms with E-state index in [0.717, 1.165) is 5.69 Å². The van der Waals surface area contributed by atoms with E-state index in [0.29, 0.717) is 18.5 Å². The van der Waals surface area contributed by atoms with Gasteiger partial charge in [0.25, 0.3) is 0 Å². The molecular formula is C14H21N3O3. The second-order valence-corrected chi connectivity index (χ2v) is 4.79. The summed E-state index contributed by atoms with van der Waals surface area (Å²) >= 11 is 0.